The molecule has 0 radical (unpaired) electrons. The van der Waals surface area contributed by atoms with Crippen molar-refractivity contribution in [2.45, 2.75) is 11.4 Å². The van der Waals surface area contributed by atoms with E-state index < -0.39 is 15.8 Å². The summed E-state index contributed by atoms with van der Waals surface area (Å²) in [6.07, 6.45) is 2.50. The topological polar surface area (TPSA) is 105 Å². The summed E-state index contributed by atoms with van der Waals surface area (Å²) in [6, 6.07) is 2.79. The molecule has 2 heterocycles. The molecule has 2 N–H and O–H groups in total. The van der Waals surface area contributed by atoms with Crippen molar-refractivity contribution in [1.29, 1.82) is 0 Å². The standard InChI is InChI=1S/C11H13N3O4S/c1-19(17,18)10-3-2-8(6-13-10)14-11(16)7-4-9(15)12-5-7/h2-3,6-7H,4-5H2,1H3,(H,12,15)(H,14,16). The number of hydrogen-bond donors (Lipinski definition) is 2. The van der Waals surface area contributed by atoms with Crippen molar-refractivity contribution in [3.63, 3.8) is 0 Å². The van der Waals surface area contributed by atoms with Crippen molar-refractivity contribution < 1.29 is 18.0 Å². The van der Waals surface area contributed by atoms with Gasteiger partial charge in [0, 0.05) is 19.2 Å². The lowest BCUT2D eigenvalue weighted by Gasteiger charge is -2.08. The van der Waals surface area contributed by atoms with Crippen LogP contribution in [0.15, 0.2) is 23.4 Å². The Morgan fingerprint density at radius 2 is 2.21 bits per heavy atom. The zero-order chi connectivity index (χ0) is 14.0. The molecule has 0 bridgehead atoms. The van der Waals surface area contributed by atoms with Crippen LogP contribution in [0.25, 0.3) is 0 Å². The second-order valence-electron chi connectivity index (χ2n) is 4.35. The molecule has 1 atom stereocenters. The van der Waals surface area contributed by atoms with Crippen LogP contribution in [0, 0.1) is 5.92 Å². The fraction of sp³-hybridized carbons (Fsp3) is 0.364. The number of carbonyl (C=O) groups is 2. The first-order valence-corrected chi connectivity index (χ1v) is 7.49. The lowest BCUT2D eigenvalue weighted by atomic mass is 10.1. The van der Waals surface area contributed by atoms with E-state index >= 15 is 0 Å². The summed E-state index contributed by atoms with van der Waals surface area (Å²) in [7, 11) is -3.35. The molecule has 1 aliphatic heterocycles. The van der Waals surface area contributed by atoms with Gasteiger partial charge in [-0.1, -0.05) is 0 Å². The van der Waals surface area contributed by atoms with Crippen molar-refractivity contribution in [2.75, 3.05) is 18.1 Å². The maximum Gasteiger partial charge on any atom is 0.229 e. The average molecular weight is 283 g/mol. The molecule has 0 saturated carbocycles. The Balaban J connectivity index is 2.04. The van der Waals surface area contributed by atoms with Gasteiger partial charge in [-0.25, -0.2) is 13.4 Å². The fourth-order valence-corrected chi connectivity index (χ4v) is 2.27. The largest absolute Gasteiger partial charge is 0.355 e. The number of carbonyl (C=O) groups excluding carboxylic acids is 2. The molecule has 1 fully saturated rings. The van der Waals surface area contributed by atoms with E-state index in [-0.39, 0.29) is 23.3 Å². The monoisotopic (exact) mass is 283 g/mol. The zero-order valence-electron chi connectivity index (χ0n) is 10.2. The summed E-state index contributed by atoms with van der Waals surface area (Å²) in [5, 5.41) is 5.11. The Kier molecular flexibility index (Phi) is 3.52. The van der Waals surface area contributed by atoms with E-state index in [0.717, 1.165) is 6.26 Å². The van der Waals surface area contributed by atoms with Crippen LogP contribution in [-0.2, 0) is 19.4 Å². The van der Waals surface area contributed by atoms with Crippen molar-refractivity contribution in [3.8, 4) is 0 Å². The van der Waals surface area contributed by atoms with Gasteiger partial charge in [-0.3, -0.25) is 9.59 Å². The molecule has 8 heteroatoms. The van der Waals surface area contributed by atoms with Gasteiger partial charge in [0.05, 0.1) is 17.8 Å². The first-order chi connectivity index (χ1) is 8.86. The quantitative estimate of drug-likeness (QED) is 0.782. The van der Waals surface area contributed by atoms with E-state index in [1.807, 2.05) is 0 Å². The number of amides is 2. The normalized spacial score (nSPS) is 19.0. The minimum absolute atomic E-state index is 0.0526. The Labute approximate surface area is 110 Å². The summed E-state index contributed by atoms with van der Waals surface area (Å²) in [5.41, 5.74) is 0.400. The molecular weight excluding hydrogens is 270 g/mol. The second kappa shape index (κ2) is 4.96. The van der Waals surface area contributed by atoms with Gasteiger partial charge in [0.1, 0.15) is 0 Å². The molecule has 7 nitrogen and oxygen atoms in total. The molecule has 0 aromatic carbocycles. The molecule has 1 unspecified atom stereocenters. The number of nitrogens with zero attached hydrogens (tertiary/aromatic N) is 1. The van der Waals surface area contributed by atoms with Crippen molar-refractivity contribution in [3.05, 3.63) is 18.3 Å². The lowest BCUT2D eigenvalue weighted by molar-refractivity contribution is -0.123. The summed E-state index contributed by atoms with van der Waals surface area (Å²) in [4.78, 5) is 26.5. The third kappa shape index (κ3) is 3.28. The van der Waals surface area contributed by atoms with E-state index in [0.29, 0.717) is 12.2 Å². The summed E-state index contributed by atoms with van der Waals surface area (Å²) in [6.45, 7) is 0.319. The number of hydrogen-bond acceptors (Lipinski definition) is 5. The molecule has 0 spiro atoms. The van der Waals surface area contributed by atoms with Crippen molar-refractivity contribution in [1.82, 2.24) is 10.3 Å². The summed E-state index contributed by atoms with van der Waals surface area (Å²) >= 11 is 0. The highest BCUT2D eigenvalue weighted by molar-refractivity contribution is 7.90. The highest BCUT2D eigenvalue weighted by atomic mass is 32.2. The Bertz CT molecular complexity index is 609. The fourth-order valence-electron chi connectivity index (χ4n) is 1.71. The van der Waals surface area contributed by atoms with Crippen LogP contribution in [0.2, 0.25) is 0 Å². The smallest absolute Gasteiger partial charge is 0.229 e. The average Bonchev–Trinajstić information content (AvgIpc) is 2.75. The molecule has 19 heavy (non-hydrogen) atoms. The number of rotatable bonds is 3. The molecular formula is C11H13N3O4S. The third-order valence-corrected chi connectivity index (χ3v) is 3.73. The third-order valence-electron chi connectivity index (χ3n) is 2.73. The van der Waals surface area contributed by atoms with Crippen LogP contribution in [0.5, 0.6) is 0 Å². The second-order valence-corrected chi connectivity index (χ2v) is 6.31. The van der Waals surface area contributed by atoms with E-state index in [1.165, 1.54) is 18.3 Å². The molecule has 1 saturated heterocycles. The van der Waals surface area contributed by atoms with Gasteiger partial charge < -0.3 is 10.6 Å². The highest BCUT2D eigenvalue weighted by Gasteiger charge is 2.27. The van der Waals surface area contributed by atoms with Gasteiger partial charge in [0.25, 0.3) is 0 Å². The summed E-state index contributed by atoms with van der Waals surface area (Å²) < 4.78 is 22.4. The number of sulfone groups is 1. The van der Waals surface area contributed by atoms with Gasteiger partial charge in [0.2, 0.25) is 11.8 Å². The lowest BCUT2D eigenvalue weighted by Crippen LogP contribution is -2.24. The van der Waals surface area contributed by atoms with Gasteiger partial charge in [0.15, 0.2) is 14.9 Å². The number of aromatic nitrogens is 1. The molecule has 2 rings (SSSR count). The number of anilines is 1. The molecule has 1 aromatic heterocycles. The van der Waals surface area contributed by atoms with Crippen LogP contribution in [-0.4, -0.2) is 38.0 Å². The predicted octanol–water partition coefficient (Wildman–Crippen LogP) is -0.440. The Morgan fingerprint density at radius 3 is 2.68 bits per heavy atom. The minimum Gasteiger partial charge on any atom is -0.355 e. The van der Waals surface area contributed by atoms with E-state index in [9.17, 15) is 18.0 Å². The van der Waals surface area contributed by atoms with Gasteiger partial charge in [-0.05, 0) is 12.1 Å². The summed E-state index contributed by atoms with van der Waals surface area (Å²) in [5.74, 6) is -0.833. The van der Waals surface area contributed by atoms with Crippen LogP contribution < -0.4 is 10.6 Å². The van der Waals surface area contributed by atoms with Gasteiger partial charge in [-0.2, -0.15) is 0 Å². The first kappa shape index (κ1) is 13.5. The highest BCUT2D eigenvalue weighted by Crippen LogP contribution is 2.14. The maximum absolute atomic E-state index is 11.8. The molecule has 0 aliphatic carbocycles. The predicted molar refractivity (Wildman–Crippen MR) is 67.1 cm³/mol. The maximum atomic E-state index is 11.8. The van der Waals surface area contributed by atoms with Crippen LogP contribution in [0.3, 0.4) is 0 Å². The zero-order valence-corrected chi connectivity index (χ0v) is 11.0. The van der Waals surface area contributed by atoms with Gasteiger partial charge in [-0.15, -0.1) is 0 Å². The Hall–Kier alpha value is -1.96. The van der Waals surface area contributed by atoms with Crippen LogP contribution in [0.1, 0.15) is 6.42 Å². The first-order valence-electron chi connectivity index (χ1n) is 5.60. The number of nitrogens with one attached hydrogen (secondary N) is 2. The van der Waals surface area contributed by atoms with Gasteiger partial charge >= 0.3 is 0 Å². The minimum atomic E-state index is -3.35. The molecule has 1 aromatic rings. The Morgan fingerprint density at radius 1 is 1.47 bits per heavy atom. The molecule has 102 valence electrons. The van der Waals surface area contributed by atoms with E-state index in [1.54, 1.807) is 0 Å². The van der Waals surface area contributed by atoms with E-state index in [2.05, 4.69) is 15.6 Å². The van der Waals surface area contributed by atoms with Crippen LogP contribution in [0.4, 0.5) is 5.69 Å². The molecule has 1 aliphatic rings. The van der Waals surface area contributed by atoms with Crippen LogP contribution >= 0.6 is 0 Å². The molecule has 2 amide bonds. The van der Waals surface area contributed by atoms with Crippen molar-refractivity contribution >= 4 is 27.3 Å². The SMILES string of the molecule is CS(=O)(=O)c1ccc(NC(=O)C2CNC(=O)C2)cn1. The van der Waals surface area contributed by atoms with Crippen molar-refractivity contribution in [2.24, 2.45) is 5.92 Å². The number of pyridine rings is 1. The van der Waals surface area contributed by atoms with E-state index in [4.69, 9.17) is 0 Å².